The summed E-state index contributed by atoms with van der Waals surface area (Å²) in [6.07, 6.45) is -1.11. The predicted molar refractivity (Wildman–Crippen MR) is 83.6 cm³/mol. The van der Waals surface area contributed by atoms with E-state index < -0.39 is 17.9 Å². The van der Waals surface area contributed by atoms with Gasteiger partial charge in [0.25, 0.3) is 11.8 Å². The van der Waals surface area contributed by atoms with Gasteiger partial charge >= 0.3 is 0 Å². The molecule has 0 aromatic heterocycles. The monoisotopic (exact) mass is 302 g/mol. The highest BCUT2D eigenvalue weighted by atomic mass is 16.3. The van der Waals surface area contributed by atoms with Gasteiger partial charge in [-0.1, -0.05) is 36.4 Å². The fourth-order valence-electron chi connectivity index (χ4n) is 1.64. The van der Waals surface area contributed by atoms with Crippen molar-refractivity contribution in [3.63, 3.8) is 0 Å². The molecule has 0 spiro atoms. The first-order valence-corrected chi connectivity index (χ1v) is 6.68. The maximum atomic E-state index is 12.0. The number of aliphatic hydroxyl groups excluding tert-OH is 1. The van der Waals surface area contributed by atoms with Crippen molar-refractivity contribution in [2.75, 3.05) is 13.1 Å². The first kappa shape index (κ1) is 11.0. The molecule has 2 aromatic rings. The number of hydrogen-bond donors (Lipinski definition) is 3. The number of carbonyl (C=O) groups excluding carboxylic acids is 2. The summed E-state index contributed by atoms with van der Waals surface area (Å²) in [5, 5.41) is 14.7. The molecule has 5 nitrogen and oxygen atoms in total. The Morgan fingerprint density at radius 1 is 0.864 bits per heavy atom. The lowest BCUT2D eigenvalue weighted by Gasteiger charge is -2.13. The number of hydrogen-bond acceptors (Lipinski definition) is 3. The van der Waals surface area contributed by atoms with Crippen LogP contribution in [0.5, 0.6) is 0 Å². The summed E-state index contributed by atoms with van der Waals surface area (Å²) in [6, 6.07) is 8.19. The summed E-state index contributed by atoms with van der Waals surface area (Å²) in [4.78, 5) is 24.1. The summed E-state index contributed by atoms with van der Waals surface area (Å²) < 4.78 is 30.7. The molecule has 0 saturated carbocycles. The standard InChI is InChI=1S/C17H18N2O3/c20-15(11-18-16(21)13-7-3-1-4-8-13)12-19-17(22)14-9-5-2-6-10-14/h1-10,15,20H,11-12H2,(H,18,21)(H,19,22)/i7D,8D,9D,10D. The van der Waals surface area contributed by atoms with Crippen LogP contribution in [0.1, 0.15) is 26.2 Å². The fraction of sp³-hybridized carbons (Fsp3) is 0.176. The molecule has 0 unspecified atom stereocenters. The lowest BCUT2D eigenvalue weighted by molar-refractivity contribution is 0.0885. The largest absolute Gasteiger partial charge is 0.389 e. The molecule has 0 heterocycles. The van der Waals surface area contributed by atoms with Crippen LogP contribution in [0.4, 0.5) is 0 Å². The van der Waals surface area contributed by atoms with Crippen LogP contribution in [0.25, 0.3) is 0 Å². The zero-order chi connectivity index (χ0) is 19.3. The molecule has 2 amide bonds. The molecule has 0 atom stereocenters. The highest BCUT2D eigenvalue weighted by Crippen LogP contribution is 1.99. The molecule has 2 aromatic carbocycles. The number of rotatable bonds is 6. The van der Waals surface area contributed by atoms with Crippen molar-refractivity contribution < 1.29 is 20.2 Å². The molecule has 114 valence electrons. The van der Waals surface area contributed by atoms with E-state index in [1.54, 1.807) is 0 Å². The summed E-state index contributed by atoms with van der Waals surface area (Å²) in [5.41, 5.74) is -0.184. The van der Waals surface area contributed by atoms with Crippen molar-refractivity contribution in [3.8, 4) is 0 Å². The average molecular weight is 302 g/mol. The SMILES string of the molecule is [2H]c1cccc([2H])c1C(=O)NCC(O)CNC(=O)c1c([2H])cccc1[2H]. The topological polar surface area (TPSA) is 78.4 Å². The molecule has 0 aliphatic carbocycles. The molecule has 0 saturated heterocycles. The quantitative estimate of drug-likeness (QED) is 0.750. The summed E-state index contributed by atoms with van der Waals surface area (Å²) in [6.45, 7) is -0.383. The lowest BCUT2D eigenvalue weighted by Crippen LogP contribution is -2.40. The Bertz CT molecular complexity index is 722. The van der Waals surface area contributed by atoms with Gasteiger partial charge in [0.05, 0.1) is 11.6 Å². The van der Waals surface area contributed by atoms with Crippen molar-refractivity contribution in [2.24, 2.45) is 0 Å². The van der Waals surface area contributed by atoms with Gasteiger partial charge in [0.1, 0.15) is 0 Å². The van der Waals surface area contributed by atoms with E-state index in [-0.39, 0.29) is 48.4 Å². The Kier molecular flexibility index (Phi) is 3.97. The summed E-state index contributed by atoms with van der Waals surface area (Å²) >= 11 is 0. The Morgan fingerprint density at radius 3 is 1.59 bits per heavy atom. The number of amides is 2. The van der Waals surface area contributed by atoms with E-state index >= 15 is 0 Å². The number of nitrogens with one attached hydrogen (secondary N) is 2. The minimum atomic E-state index is -1.11. The molecular formula is C17H18N2O3. The molecule has 0 aliphatic heterocycles. The van der Waals surface area contributed by atoms with E-state index in [4.69, 9.17) is 5.48 Å². The highest BCUT2D eigenvalue weighted by molar-refractivity contribution is 5.94. The third-order valence-corrected chi connectivity index (χ3v) is 2.75. The van der Waals surface area contributed by atoms with Crippen LogP contribution in [0, 0.1) is 0 Å². The van der Waals surface area contributed by atoms with Gasteiger partial charge in [-0.05, 0) is 24.2 Å². The Balaban J connectivity index is 1.88. The lowest BCUT2D eigenvalue weighted by atomic mass is 10.2. The van der Waals surface area contributed by atoms with Crippen molar-refractivity contribution in [3.05, 3.63) is 71.7 Å². The third-order valence-electron chi connectivity index (χ3n) is 2.75. The predicted octanol–water partition coefficient (Wildman–Crippen LogP) is 1.21. The third kappa shape index (κ3) is 4.71. The van der Waals surface area contributed by atoms with Gasteiger partial charge in [-0.3, -0.25) is 9.59 Å². The van der Waals surface area contributed by atoms with Gasteiger partial charge < -0.3 is 15.7 Å². The van der Waals surface area contributed by atoms with Crippen LogP contribution in [-0.2, 0) is 0 Å². The van der Waals surface area contributed by atoms with E-state index in [9.17, 15) is 14.7 Å². The second-order valence-corrected chi connectivity index (χ2v) is 4.45. The minimum absolute atomic E-state index is 0.0900. The second-order valence-electron chi connectivity index (χ2n) is 4.45. The number of benzene rings is 2. The molecule has 2 rings (SSSR count). The van der Waals surface area contributed by atoms with Crippen LogP contribution in [0.2, 0.25) is 0 Å². The zero-order valence-corrected chi connectivity index (χ0v) is 11.7. The van der Waals surface area contributed by atoms with Crippen LogP contribution >= 0.6 is 0 Å². The van der Waals surface area contributed by atoms with Crippen molar-refractivity contribution >= 4 is 11.8 Å². The Hall–Kier alpha value is -2.66. The van der Waals surface area contributed by atoms with Crippen LogP contribution in [-0.4, -0.2) is 36.1 Å². The van der Waals surface area contributed by atoms with Gasteiger partial charge in [0.15, 0.2) is 0 Å². The van der Waals surface area contributed by atoms with Crippen LogP contribution in [0.15, 0.2) is 60.6 Å². The van der Waals surface area contributed by atoms with Gasteiger partial charge in [0.2, 0.25) is 0 Å². The molecule has 3 N–H and O–H groups in total. The number of aliphatic hydroxyl groups is 1. The van der Waals surface area contributed by atoms with Crippen molar-refractivity contribution in [1.82, 2.24) is 10.6 Å². The van der Waals surface area contributed by atoms with E-state index in [1.165, 1.54) is 36.4 Å². The smallest absolute Gasteiger partial charge is 0.251 e. The number of carbonyl (C=O) groups is 2. The summed E-state index contributed by atoms with van der Waals surface area (Å²) in [5.74, 6) is -1.31. The Labute approximate surface area is 134 Å². The van der Waals surface area contributed by atoms with Gasteiger partial charge in [0, 0.05) is 24.2 Å². The molecule has 0 fully saturated rings. The molecular weight excluding hydrogens is 280 g/mol. The second kappa shape index (κ2) is 7.95. The van der Waals surface area contributed by atoms with Gasteiger partial charge in [-0.2, -0.15) is 0 Å². The maximum absolute atomic E-state index is 12.0. The first-order chi connectivity index (χ1) is 12.3. The molecule has 5 heteroatoms. The fourth-order valence-corrected chi connectivity index (χ4v) is 1.64. The van der Waals surface area contributed by atoms with Crippen LogP contribution < -0.4 is 10.6 Å². The molecule has 0 bridgehead atoms. The van der Waals surface area contributed by atoms with E-state index in [2.05, 4.69) is 10.6 Å². The van der Waals surface area contributed by atoms with Gasteiger partial charge in [-0.25, -0.2) is 0 Å². The van der Waals surface area contributed by atoms with Crippen molar-refractivity contribution in [2.45, 2.75) is 6.10 Å². The van der Waals surface area contributed by atoms with Gasteiger partial charge in [-0.15, -0.1) is 0 Å². The van der Waals surface area contributed by atoms with E-state index in [0.29, 0.717) is 0 Å². The minimum Gasteiger partial charge on any atom is -0.389 e. The summed E-state index contributed by atoms with van der Waals surface area (Å²) in [7, 11) is 0. The maximum Gasteiger partial charge on any atom is 0.251 e. The average Bonchev–Trinajstić information content (AvgIpc) is 2.57. The first-order valence-electron chi connectivity index (χ1n) is 8.68. The van der Waals surface area contributed by atoms with Crippen molar-refractivity contribution in [1.29, 1.82) is 0 Å². The normalized spacial score (nSPS) is 12.8. The Morgan fingerprint density at radius 2 is 1.23 bits per heavy atom. The zero-order valence-electron chi connectivity index (χ0n) is 15.7. The highest BCUT2D eigenvalue weighted by Gasteiger charge is 2.10. The van der Waals surface area contributed by atoms with E-state index in [1.807, 2.05) is 0 Å². The molecule has 22 heavy (non-hydrogen) atoms. The molecule has 0 radical (unpaired) electrons. The van der Waals surface area contributed by atoms with Crippen LogP contribution in [0.3, 0.4) is 0 Å². The molecule has 0 aliphatic rings. The van der Waals surface area contributed by atoms with E-state index in [0.717, 1.165) is 0 Å².